The van der Waals surface area contributed by atoms with Gasteiger partial charge in [0.25, 0.3) is 5.91 Å². The van der Waals surface area contributed by atoms with Crippen molar-refractivity contribution in [3.8, 4) is 5.75 Å². The first-order valence-corrected chi connectivity index (χ1v) is 7.76. The van der Waals surface area contributed by atoms with Crippen LogP contribution in [0.5, 0.6) is 5.75 Å². The highest BCUT2D eigenvalue weighted by molar-refractivity contribution is 9.09. The van der Waals surface area contributed by atoms with Gasteiger partial charge in [-0.05, 0) is 49.8 Å². The van der Waals surface area contributed by atoms with Crippen LogP contribution in [0.1, 0.15) is 36.0 Å². The van der Waals surface area contributed by atoms with Crippen molar-refractivity contribution in [2.45, 2.75) is 30.5 Å². The number of nitrogens with one attached hydrogen (secondary N) is 1. The van der Waals surface area contributed by atoms with E-state index >= 15 is 0 Å². The van der Waals surface area contributed by atoms with Gasteiger partial charge in [-0.3, -0.25) is 4.79 Å². The summed E-state index contributed by atoms with van der Waals surface area (Å²) in [6.07, 6.45) is 4.57. The lowest BCUT2D eigenvalue weighted by atomic mass is 9.89. The molecule has 1 aliphatic carbocycles. The molecular formula is C14H17BrClNO2. The molecule has 0 heterocycles. The Labute approximate surface area is 126 Å². The number of hydrogen-bond acceptors (Lipinski definition) is 2. The van der Waals surface area contributed by atoms with Gasteiger partial charge in [0.2, 0.25) is 0 Å². The number of amides is 1. The quantitative estimate of drug-likeness (QED) is 0.819. The van der Waals surface area contributed by atoms with Crippen LogP contribution in [0.4, 0.5) is 0 Å². The maximum Gasteiger partial charge on any atom is 0.255 e. The number of carbonyl (C=O) groups is 1. The van der Waals surface area contributed by atoms with Crippen LogP contribution in [-0.4, -0.2) is 22.4 Å². The maximum absolute atomic E-state index is 12.0. The zero-order valence-electron chi connectivity index (χ0n) is 10.5. The van der Waals surface area contributed by atoms with Gasteiger partial charge in [-0.15, -0.1) is 0 Å². The molecule has 2 rings (SSSR count). The zero-order valence-corrected chi connectivity index (χ0v) is 12.9. The van der Waals surface area contributed by atoms with Crippen LogP contribution in [0.25, 0.3) is 0 Å². The third-order valence-corrected chi connectivity index (χ3v) is 4.68. The van der Waals surface area contributed by atoms with Gasteiger partial charge in [0.1, 0.15) is 5.75 Å². The Hall–Kier alpha value is -0.740. The second kappa shape index (κ2) is 6.62. The lowest BCUT2D eigenvalue weighted by molar-refractivity contribution is 0.0941. The normalized spacial score (nSPS) is 23.1. The predicted molar refractivity (Wildman–Crippen MR) is 80.1 cm³/mol. The van der Waals surface area contributed by atoms with Crippen LogP contribution in [0.15, 0.2) is 18.2 Å². The summed E-state index contributed by atoms with van der Waals surface area (Å²) in [4.78, 5) is 12.6. The van der Waals surface area contributed by atoms with E-state index < -0.39 is 0 Å². The first-order valence-electron chi connectivity index (χ1n) is 6.47. The Morgan fingerprint density at radius 3 is 2.68 bits per heavy atom. The van der Waals surface area contributed by atoms with Gasteiger partial charge < -0.3 is 10.4 Å². The molecular weight excluding hydrogens is 330 g/mol. The van der Waals surface area contributed by atoms with Gasteiger partial charge in [0.15, 0.2) is 0 Å². The minimum Gasteiger partial charge on any atom is -0.507 e. The summed E-state index contributed by atoms with van der Waals surface area (Å²) in [5.74, 6) is 0.219. The molecule has 1 fully saturated rings. The van der Waals surface area contributed by atoms with Gasteiger partial charge in [-0.2, -0.15) is 0 Å². The van der Waals surface area contributed by atoms with Gasteiger partial charge in [-0.1, -0.05) is 27.5 Å². The van der Waals surface area contributed by atoms with E-state index in [0.29, 0.717) is 22.3 Å². The van der Waals surface area contributed by atoms with E-state index in [1.54, 1.807) is 12.1 Å². The topological polar surface area (TPSA) is 49.3 Å². The number of aromatic hydroxyl groups is 1. The Morgan fingerprint density at radius 1 is 1.37 bits per heavy atom. The fourth-order valence-corrected chi connectivity index (χ4v) is 3.05. The van der Waals surface area contributed by atoms with Crippen molar-refractivity contribution in [3.05, 3.63) is 28.8 Å². The molecule has 0 saturated heterocycles. The second-order valence-corrected chi connectivity index (χ2v) is 6.72. The Bertz CT molecular complexity index is 459. The highest BCUT2D eigenvalue weighted by Crippen LogP contribution is 2.28. The molecule has 0 aromatic heterocycles. The van der Waals surface area contributed by atoms with Gasteiger partial charge in [0.05, 0.1) is 5.56 Å². The van der Waals surface area contributed by atoms with Crippen molar-refractivity contribution in [2.75, 3.05) is 6.54 Å². The molecule has 0 unspecified atom stereocenters. The Morgan fingerprint density at radius 2 is 2.05 bits per heavy atom. The van der Waals surface area contributed by atoms with E-state index in [2.05, 4.69) is 21.2 Å². The number of carbonyl (C=O) groups excluding carboxylic acids is 1. The molecule has 0 radical (unpaired) electrons. The van der Waals surface area contributed by atoms with E-state index in [4.69, 9.17) is 11.6 Å². The fourth-order valence-electron chi connectivity index (χ4n) is 2.35. The summed E-state index contributed by atoms with van der Waals surface area (Å²) in [5.41, 5.74) is 0.276. The molecule has 1 saturated carbocycles. The molecule has 1 aromatic carbocycles. The molecule has 0 bridgehead atoms. The van der Waals surface area contributed by atoms with Crippen LogP contribution < -0.4 is 5.32 Å². The minimum atomic E-state index is -0.241. The standard InChI is InChI=1S/C14H17BrClNO2/c15-10-3-1-9(2-4-10)8-17-14(19)12-6-5-11(16)7-13(12)18/h5-7,9-10,18H,1-4,8H2,(H,17,19). The highest BCUT2D eigenvalue weighted by Gasteiger charge is 2.20. The van der Waals surface area contributed by atoms with Crippen molar-refractivity contribution in [3.63, 3.8) is 0 Å². The molecule has 5 heteroatoms. The van der Waals surface area contributed by atoms with Crippen molar-refractivity contribution < 1.29 is 9.90 Å². The maximum atomic E-state index is 12.0. The molecule has 0 aliphatic heterocycles. The van der Waals surface area contributed by atoms with E-state index in [1.807, 2.05) is 0 Å². The van der Waals surface area contributed by atoms with E-state index in [1.165, 1.54) is 6.07 Å². The monoisotopic (exact) mass is 345 g/mol. The van der Waals surface area contributed by atoms with Crippen LogP contribution in [0.2, 0.25) is 5.02 Å². The third kappa shape index (κ3) is 4.11. The summed E-state index contributed by atoms with van der Waals surface area (Å²) < 4.78 is 0. The van der Waals surface area contributed by atoms with Crippen molar-refractivity contribution >= 4 is 33.4 Å². The number of alkyl halides is 1. The molecule has 1 aromatic rings. The van der Waals surface area contributed by atoms with Gasteiger partial charge >= 0.3 is 0 Å². The van der Waals surface area contributed by atoms with Crippen molar-refractivity contribution in [2.24, 2.45) is 5.92 Å². The fraction of sp³-hybridized carbons (Fsp3) is 0.500. The highest BCUT2D eigenvalue weighted by atomic mass is 79.9. The van der Waals surface area contributed by atoms with Crippen LogP contribution in [-0.2, 0) is 0 Å². The summed E-state index contributed by atoms with van der Waals surface area (Å²) in [7, 11) is 0. The molecule has 3 nitrogen and oxygen atoms in total. The SMILES string of the molecule is O=C(NCC1CCC(Br)CC1)c1ccc(Cl)cc1O. The van der Waals surface area contributed by atoms with Crippen molar-refractivity contribution in [1.29, 1.82) is 0 Å². The molecule has 2 N–H and O–H groups in total. The zero-order chi connectivity index (χ0) is 13.8. The number of halogens is 2. The summed E-state index contributed by atoms with van der Waals surface area (Å²) in [6.45, 7) is 0.667. The number of hydrogen-bond donors (Lipinski definition) is 2. The molecule has 1 aliphatic rings. The largest absolute Gasteiger partial charge is 0.507 e. The lowest BCUT2D eigenvalue weighted by Crippen LogP contribution is -2.31. The molecule has 0 spiro atoms. The van der Waals surface area contributed by atoms with E-state index in [-0.39, 0.29) is 17.2 Å². The van der Waals surface area contributed by atoms with E-state index in [0.717, 1.165) is 25.7 Å². The lowest BCUT2D eigenvalue weighted by Gasteiger charge is -2.25. The molecule has 104 valence electrons. The smallest absolute Gasteiger partial charge is 0.255 e. The minimum absolute atomic E-state index is 0.0748. The molecule has 0 atom stereocenters. The Balaban J connectivity index is 1.87. The third-order valence-electron chi connectivity index (χ3n) is 3.53. The number of phenolic OH excluding ortho intramolecular Hbond substituents is 1. The van der Waals surface area contributed by atoms with Crippen molar-refractivity contribution in [1.82, 2.24) is 5.32 Å². The van der Waals surface area contributed by atoms with Gasteiger partial charge in [0, 0.05) is 16.4 Å². The van der Waals surface area contributed by atoms with Crippen LogP contribution >= 0.6 is 27.5 Å². The average molecular weight is 347 g/mol. The first kappa shape index (κ1) is 14.7. The summed E-state index contributed by atoms with van der Waals surface area (Å²) >= 11 is 9.35. The number of benzene rings is 1. The second-order valence-electron chi connectivity index (χ2n) is 4.99. The summed E-state index contributed by atoms with van der Waals surface area (Å²) in [6, 6.07) is 4.53. The number of rotatable bonds is 3. The van der Waals surface area contributed by atoms with Gasteiger partial charge in [-0.25, -0.2) is 0 Å². The predicted octanol–water partition coefficient (Wildman–Crippen LogP) is 3.73. The first-order chi connectivity index (χ1) is 9.06. The Kier molecular flexibility index (Phi) is 5.11. The summed E-state index contributed by atoms with van der Waals surface area (Å²) in [5, 5.41) is 13.0. The van der Waals surface area contributed by atoms with Crippen LogP contribution in [0, 0.1) is 5.92 Å². The average Bonchev–Trinajstić information content (AvgIpc) is 2.37. The molecule has 19 heavy (non-hydrogen) atoms. The molecule has 1 amide bonds. The number of phenols is 1. The van der Waals surface area contributed by atoms with Crippen LogP contribution in [0.3, 0.4) is 0 Å². The van der Waals surface area contributed by atoms with E-state index in [9.17, 15) is 9.90 Å².